The number of pyridine rings is 1. The van der Waals surface area contributed by atoms with E-state index in [1.165, 1.54) is 12.8 Å². The Labute approximate surface area is 117 Å². The minimum atomic E-state index is -3.44. The van der Waals surface area contributed by atoms with Gasteiger partial charge < -0.3 is 0 Å². The van der Waals surface area contributed by atoms with Gasteiger partial charge >= 0.3 is 0 Å². The molecule has 0 radical (unpaired) electrons. The van der Waals surface area contributed by atoms with Crippen molar-refractivity contribution >= 4 is 15.8 Å². The second-order valence-electron chi connectivity index (χ2n) is 5.39. The van der Waals surface area contributed by atoms with Crippen molar-refractivity contribution in [1.29, 1.82) is 0 Å². The molecule has 20 heavy (non-hydrogen) atoms. The molecular weight excluding hydrogens is 278 g/mol. The quantitative estimate of drug-likeness (QED) is 0.781. The van der Waals surface area contributed by atoms with Crippen molar-refractivity contribution in [3.63, 3.8) is 0 Å². The summed E-state index contributed by atoms with van der Waals surface area (Å²) in [6, 6.07) is 1.87. The summed E-state index contributed by atoms with van der Waals surface area (Å²) in [6.45, 7) is 1.94. The van der Waals surface area contributed by atoms with Crippen LogP contribution in [0.2, 0.25) is 0 Å². The van der Waals surface area contributed by atoms with Gasteiger partial charge in [0.25, 0.3) is 10.1 Å². The minimum absolute atomic E-state index is 0.0337. The van der Waals surface area contributed by atoms with E-state index in [4.69, 9.17) is 4.18 Å². The Morgan fingerprint density at radius 2 is 2.15 bits per heavy atom. The van der Waals surface area contributed by atoms with E-state index in [2.05, 4.69) is 10.2 Å². The summed E-state index contributed by atoms with van der Waals surface area (Å²) >= 11 is 0. The molecule has 0 atom stereocenters. The fourth-order valence-corrected chi connectivity index (χ4v) is 2.56. The lowest BCUT2D eigenvalue weighted by molar-refractivity contribution is 0.311. The van der Waals surface area contributed by atoms with Gasteiger partial charge in [-0.05, 0) is 42.9 Å². The monoisotopic (exact) mass is 295 g/mol. The molecule has 0 aromatic carbocycles. The van der Waals surface area contributed by atoms with Crippen LogP contribution in [0.4, 0.5) is 0 Å². The third-order valence-corrected chi connectivity index (χ3v) is 4.15. The fourth-order valence-electron chi connectivity index (χ4n) is 2.22. The summed E-state index contributed by atoms with van der Waals surface area (Å²) in [4.78, 5) is 0. The van der Waals surface area contributed by atoms with Crippen molar-refractivity contribution in [3.05, 3.63) is 29.2 Å². The molecule has 1 fully saturated rings. The number of aromatic nitrogens is 3. The van der Waals surface area contributed by atoms with Gasteiger partial charge in [0, 0.05) is 12.6 Å². The van der Waals surface area contributed by atoms with Crippen LogP contribution in [0, 0.1) is 12.8 Å². The van der Waals surface area contributed by atoms with Gasteiger partial charge in [-0.1, -0.05) is 0 Å². The maximum Gasteiger partial charge on any atom is 0.264 e. The zero-order chi connectivity index (χ0) is 14.3. The normalized spacial score (nSPS) is 15.9. The van der Waals surface area contributed by atoms with E-state index in [1.54, 1.807) is 0 Å². The molecule has 3 rings (SSSR count). The third-order valence-electron chi connectivity index (χ3n) is 3.60. The molecule has 0 unspecified atom stereocenters. The van der Waals surface area contributed by atoms with Gasteiger partial charge in [-0.3, -0.25) is 8.58 Å². The van der Waals surface area contributed by atoms with Crippen LogP contribution in [0.5, 0.6) is 0 Å². The SMILES string of the molecule is Cc1c(COS(C)(=O)=O)ccn2c(CC3CC3)nnc12. The van der Waals surface area contributed by atoms with E-state index in [0.29, 0.717) is 0 Å². The van der Waals surface area contributed by atoms with Gasteiger partial charge in [0.1, 0.15) is 5.82 Å². The predicted octanol–water partition coefficient (Wildman–Crippen LogP) is 1.47. The highest BCUT2D eigenvalue weighted by Gasteiger charge is 2.24. The van der Waals surface area contributed by atoms with Gasteiger partial charge in [0.2, 0.25) is 0 Å². The molecule has 0 amide bonds. The molecule has 0 saturated heterocycles. The smallest absolute Gasteiger partial charge is 0.264 e. The Morgan fingerprint density at radius 1 is 1.40 bits per heavy atom. The zero-order valence-corrected chi connectivity index (χ0v) is 12.4. The van der Waals surface area contributed by atoms with Crippen LogP contribution in [-0.2, 0) is 27.3 Å². The van der Waals surface area contributed by atoms with Crippen LogP contribution in [0.3, 0.4) is 0 Å². The van der Waals surface area contributed by atoms with E-state index in [9.17, 15) is 8.42 Å². The standard InChI is InChI=1S/C13H17N3O3S/c1-9-11(8-19-20(2,17)18)5-6-16-12(7-10-3-4-10)14-15-13(9)16/h5-6,10H,3-4,7-8H2,1-2H3. The maximum atomic E-state index is 11.1. The number of aryl methyl sites for hydroxylation is 1. The van der Waals surface area contributed by atoms with Gasteiger partial charge in [0.05, 0.1) is 12.9 Å². The Balaban J connectivity index is 1.90. The summed E-state index contributed by atoms with van der Waals surface area (Å²) in [6.07, 6.45) is 6.44. The molecule has 0 spiro atoms. The van der Waals surface area contributed by atoms with Crippen molar-refractivity contribution in [2.45, 2.75) is 32.8 Å². The number of fused-ring (bicyclic) bond motifs is 1. The average Bonchev–Trinajstić information content (AvgIpc) is 3.08. The first kappa shape index (κ1) is 13.5. The van der Waals surface area contributed by atoms with Crippen LogP contribution in [0.15, 0.2) is 12.3 Å². The highest BCUT2D eigenvalue weighted by Crippen LogP contribution is 2.32. The molecule has 0 N–H and O–H groups in total. The summed E-state index contributed by atoms with van der Waals surface area (Å²) in [5.74, 6) is 1.72. The molecule has 1 aliphatic rings. The first-order valence-electron chi connectivity index (χ1n) is 6.60. The summed E-state index contributed by atoms with van der Waals surface area (Å²) in [5, 5.41) is 8.45. The highest BCUT2D eigenvalue weighted by molar-refractivity contribution is 7.85. The number of rotatable bonds is 5. The molecule has 0 bridgehead atoms. The van der Waals surface area contributed by atoms with Crippen LogP contribution in [0.25, 0.3) is 5.65 Å². The zero-order valence-electron chi connectivity index (χ0n) is 11.5. The van der Waals surface area contributed by atoms with E-state index in [-0.39, 0.29) is 6.61 Å². The Hall–Kier alpha value is -1.47. The van der Waals surface area contributed by atoms with Crippen LogP contribution >= 0.6 is 0 Å². The Bertz CT molecular complexity index is 748. The van der Waals surface area contributed by atoms with Crippen molar-refractivity contribution in [3.8, 4) is 0 Å². The van der Waals surface area contributed by atoms with Crippen LogP contribution < -0.4 is 0 Å². The largest absolute Gasteiger partial charge is 0.286 e. The van der Waals surface area contributed by atoms with Crippen molar-refractivity contribution < 1.29 is 12.6 Å². The van der Waals surface area contributed by atoms with E-state index in [1.807, 2.05) is 23.6 Å². The lowest BCUT2D eigenvalue weighted by Crippen LogP contribution is -2.05. The summed E-state index contributed by atoms with van der Waals surface area (Å²) in [5.41, 5.74) is 2.49. The number of hydrogen-bond donors (Lipinski definition) is 0. The van der Waals surface area contributed by atoms with Gasteiger partial charge in [0.15, 0.2) is 5.65 Å². The molecule has 108 valence electrons. The van der Waals surface area contributed by atoms with Crippen molar-refractivity contribution in [2.24, 2.45) is 5.92 Å². The second-order valence-corrected chi connectivity index (χ2v) is 7.03. The van der Waals surface area contributed by atoms with E-state index >= 15 is 0 Å². The lowest BCUT2D eigenvalue weighted by atomic mass is 10.1. The first-order valence-corrected chi connectivity index (χ1v) is 8.42. The topological polar surface area (TPSA) is 73.6 Å². The molecule has 7 heteroatoms. The van der Waals surface area contributed by atoms with Gasteiger partial charge in [-0.2, -0.15) is 8.42 Å². The summed E-state index contributed by atoms with van der Waals surface area (Å²) < 4.78 is 28.9. The molecule has 1 aliphatic carbocycles. The van der Waals surface area contributed by atoms with Gasteiger partial charge in [-0.15, -0.1) is 10.2 Å². The highest BCUT2D eigenvalue weighted by atomic mass is 32.2. The predicted molar refractivity (Wildman–Crippen MR) is 73.8 cm³/mol. The Morgan fingerprint density at radius 3 is 2.80 bits per heavy atom. The molecule has 6 nitrogen and oxygen atoms in total. The van der Waals surface area contributed by atoms with E-state index < -0.39 is 10.1 Å². The molecule has 2 aromatic rings. The Kier molecular flexibility index (Phi) is 3.25. The van der Waals surface area contributed by atoms with Crippen molar-refractivity contribution in [2.75, 3.05) is 6.26 Å². The summed E-state index contributed by atoms with van der Waals surface area (Å²) in [7, 11) is -3.44. The first-order chi connectivity index (χ1) is 9.44. The maximum absolute atomic E-state index is 11.1. The third kappa shape index (κ3) is 2.83. The van der Waals surface area contributed by atoms with Crippen LogP contribution in [-0.4, -0.2) is 29.3 Å². The second kappa shape index (κ2) is 4.82. The molecular formula is C13H17N3O3S. The minimum Gasteiger partial charge on any atom is -0.286 e. The average molecular weight is 295 g/mol. The van der Waals surface area contributed by atoms with Crippen molar-refractivity contribution in [1.82, 2.24) is 14.6 Å². The van der Waals surface area contributed by atoms with Crippen LogP contribution in [0.1, 0.15) is 29.8 Å². The number of hydrogen-bond acceptors (Lipinski definition) is 5. The number of nitrogens with zero attached hydrogens (tertiary/aromatic N) is 3. The molecule has 2 aromatic heterocycles. The molecule has 0 aliphatic heterocycles. The van der Waals surface area contributed by atoms with E-state index in [0.717, 1.165) is 41.2 Å². The molecule has 1 saturated carbocycles. The fraction of sp³-hybridized carbons (Fsp3) is 0.538. The molecule has 2 heterocycles. The van der Waals surface area contributed by atoms with Gasteiger partial charge in [-0.25, -0.2) is 0 Å². The lowest BCUT2D eigenvalue weighted by Gasteiger charge is -2.07.